The van der Waals surface area contributed by atoms with Gasteiger partial charge in [-0.1, -0.05) is 12.1 Å². The van der Waals surface area contributed by atoms with E-state index >= 15 is 0 Å². The van der Waals surface area contributed by atoms with Gasteiger partial charge in [-0.25, -0.2) is 14.4 Å². The minimum absolute atomic E-state index is 0.295. The van der Waals surface area contributed by atoms with Crippen LogP contribution in [-0.2, 0) is 6.54 Å². The maximum absolute atomic E-state index is 13.5. The number of benzene rings is 3. The van der Waals surface area contributed by atoms with Gasteiger partial charge in [0.25, 0.3) is 0 Å². The zero-order valence-electron chi connectivity index (χ0n) is 16.4. The molecule has 0 fully saturated rings. The molecule has 0 radical (unpaired) electrons. The largest absolute Gasteiger partial charge is 0.502 e. The Bertz CT molecular complexity index is 1500. The lowest BCUT2D eigenvalue weighted by Crippen LogP contribution is -2.01. The third-order valence-electron chi connectivity index (χ3n) is 5.05. The highest BCUT2D eigenvalue weighted by Gasteiger charge is 2.17. The Kier molecular flexibility index (Phi) is 4.59. The van der Waals surface area contributed by atoms with E-state index in [2.05, 4.69) is 20.4 Å². The lowest BCUT2D eigenvalue weighted by molar-refractivity contribution is -0.385. The SMILES string of the molecule is O=[N+]([O-])c1cc2c(Nc3ccc4c(cnn4Cc4cccc(F)c4)c3)ncnc2cc1O. The molecule has 0 aliphatic heterocycles. The molecule has 0 aliphatic carbocycles. The number of hydrogen-bond acceptors (Lipinski definition) is 7. The number of aromatic nitrogens is 4. The summed E-state index contributed by atoms with van der Waals surface area (Å²) in [6, 6.07) is 14.4. The number of phenolic OH excluding ortho intramolecular Hbond substituents is 1. The first-order valence-corrected chi connectivity index (χ1v) is 9.57. The van der Waals surface area contributed by atoms with Crippen molar-refractivity contribution < 1.29 is 14.4 Å². The quantitative estimate of drug-likeness (QED) is 0.311. The zero-order chi connectivity index (χ0) is 22.2. The van der Waals surface area contributed by atoms with Gasteiger partial charge in [0.15, 0.2) is 5.75 Å². The molecule has 0 atom stereocenters. The van der Waals surface area contributed by atoms with Gasteiger partial charge in [-0.05, 0) is 35.9 Å². The summed E-state index contributed by atoms with van der Waals surface area (Å²) in [5.41, 5.74) is 2.31. The topological polar surface area (TPSA) is 119 Å². The molecule has 0 saturated heterocycles. The van der Waals surface area contributed by atoms with Crippen LogP contribution in [0.15, 0.2) is 67.1 Å². The molecule has 0 spiro atoms. The fourth-order valence-corrected chi connectivity index (χ4v) is 3.56. The summed E-state index contributed by atoms with van der Waals surface area (Å²) < 4.78 is 15.3. The summed E-state index contributed by atoms with van der Waals surface area (Å²) in [7, 11) is 0. The number of nitro benzene ring substituents is 1. The number of nitro groups is 1. The normalized spacial score (nSPS) is 11.2. The fraction of sp³-hybridized carbons (Fsp3) is 0.0455. The van der Waals surface area contributed by atoms with Gasteiger partial charge in [-0.15, -0.1) is 0 Å². The van der Waals surface area contributed by atoms with Gasteiger partial charge in [0.1, 0.15) is 18.0 Å². The highest BCUT2D eigenvalue weighted by Crippen LogP contribution is 2.33. The minimum atomic E-state index is -0.662. The van der Waals surface area contributed by atoms with Gasteiger partial charge in [-0.3, -0.25) is 14.8 Å². The van der Waals surface area contributed by atoms with Gasteiger partial charge in [-0.2, -0.15) is 5.10 Å². The van der Waals surface area contributed by atoms with Crippen LogP contribution < -0.4 is 5.32 Å². The summed E-state index contributed by atoms with van der Waals surface area (Å²) in [4.78, 5) is 18.8. The Morgan fingerprint density at radius 2 is 2.00 bits per heavy atom. The molecule has 0 saturated carbocycles. The number of phenols is 1. The molecule has 5 aromatic rings. The van der Waals surface area contributed by atoms with Gasteiger partial charge in [0, 0.05) is 23.2 Å². The van der Waals surface area contributed by atoms with E-state index in [1.165, 1.54) is 30.6 Å². The second-order valence-corrected chi connectivity index (χ2v) is 7.17. The molecule has 0 aliphatic rings. The Morgan fingerprint density at radius 1 is 1.12 bits per heavy atom. The molecule has 10 heteroatoms. The predicted octanol–water partition coefficient (Wildman–Crippen LogP) is 4.52. The molecule has 3 aromatic carbocycles. The number of anilines is 2. The van der Waals surface area contributed by atoms with Crippen LogP contribution in [0.25, 0.3) is 21.8 Å². The van der Waals surface area contributed by atoms with Crippen LogP contribution in [0.1, 0.15) is 5.56 Å². The van der Waals surface area contributed by atoms with E-state index in [-0.39, 0.29) is 5.82 Å². The van der Waals surface area contributed by atoms with Crippen LogP contribution in [0.4, 0.5) is 21.6 Å². The summed E-state index contributed by atoms with van der Waals surface area (Å²) in [6.07, 6.45) is 3.02. The standard InChI is InChI=1S/C22H15FN6O3/c23-15-3-1-2-13(6-15)11-28-19-5-4-16(7-14(19)10-26-28)27-22-17-8-20(29(31)32)21(30)9-18(17)24-12-25-22/h1-10,12,30H,11H2,(H,24,25,27). The fourth-order valence-electron chi connectivity index (χ4n) is 3.56. The molecule has 0 unspecified atom stereocenters. The first-order valence-electron chi connectivity index (χ1n) is 9.57. The van der Waals surface area contributed by atoms with Crippen LogP contribution in [0.5, 0.6) is 5.75 Å². The predicted molar refractivity (Wildman–Crippen MR) is 116 cm³/mol. The van der Waals surface area contributed by atoms with Gasteiger partial charge in [0.2, 0.25) is 0 Å². The molecule has 158 valence electrons. The molecular formula is C22H15FN6O3. The number of nitrogens with zero attached hydrogens (tertiary/aromatic N) is 5. The van der Waals surface area contributed by atoms with Crippen molar-refractivity contribution in [2.24, 2.45) is 0 Å². The van der Waals surface area contributed by atoms with E-state index < -0.39 is 16.4 Å². The van der Waals surface area contributed by atoms with E-state index in [1.54, 1.807) is 16.9 Å². The van der Waals surface area contributed by atoms with E-state index in [4.69, 9.17) is 0 Å². The molecular weight excluding hydrogens is 415 g/mol. The summed E-state index contributed by atoms with van der Waals surface area (Å²) in [6.45, 7) is 0.428. The number of aromatic hydroxyl groups is 1. The molecule has 2 N–H and O–H groups in total. The first-order chi connectivity index (χ1) is 15.5. The van der Waals surface area contributed by atoms with Gasteiger partial charge in [0.05, 0.1) is 34.1 Å². The van der Waals surface area contributed by atoms with E-state index in [1.807, 2.05) is 24.3 Å². The average molecular weight is 430 g/mol. The Hall–Kier alpha value is -4.60. The lowest BCUT2D eigenvalue weighted by Gasteiger charge is -2.09. The van der Waals surface area contributed by atoms with E-state index in [0.717, 1.165) is 16.5 Å². The summed E-state index contributed by atoms with van der Waals surface area (Å²) in [5.74, 6) is -0.389. The van der Waals surface area contributed by atoms with E-state index in [0.29, 0.717) is 29.0 Å². The minimum Gasteiger partial charge on any atom is -0.502 e. The third-order valence-corrected chi connectivity index (χ3v) is 5.05. The van der Waals surface area contributed by atoms with Crippen LogP contribution in [0, 0.1) is 15.9 Å². The number of nitrogens with one attached hydrogen (secondary N) is 1. The van der Waals surface area contributed by atoms with Crippen molar-refractivity contribution in [1.82, 2.24) is 19.7 Å². The maximum Gasteiger partial charge on any atom is 0.311 e. The van der Waals surface area contributed by atoms with Crippen LogP contribution in [0.2, 0.25) is 0 Å². The zero-order valence-corrected chi connectivity index (χ0v) is 16.4. The first kappa shape index (κ1) is 19.4. The Labute approximate surface area is 179 Å². The second-order valence-electron chi connectivity index (χ2n) is 7.17. The highest BCUT2D eigenvalue weighted by atomic mass is 19.1. The second kappa shape index (κ2) is 7.58. The molecule has 5 rings (SSSR count). The van der Waals surface area contributed by atoms with Crippen molar-refractivity contribution >= 4 is 39.0 Å². The van der Waals surface area contributed by atoms with Crippen LogP contribution >= 0.6 is 0 Å². The molecule has 0 amide bonds. The van der Waals surface area contributed by atoms with Crippen LogP contribution in [0.3, 0.4) is 0 Å². The number of fused-ring (bicyclic) bond motifs is 2. The average Bonchev–Trinajstić information content (AvgIpc) is 3.15. The molecule has 32 heavy (non-hydrogen) atoms. The van der Waals surface area contributed by atoms with Crippen molar-refractivity contribution in [2.75, 3.05) is 5.32 Å². The van der Waals surface area contributed by atoms with Gasteiger partial charge >= 0.3 is 5.69 Å². The van der Waals surface area contributed by atoms with Crippen LogP contribution in [-0.4, -0.2) is 29.8 Å². The monoisotopic (exact) mass is 430 g/mol. The van der Waals surface area contributed by atoms with Crippen molar-refractivity contribution in [3.63, 3.8) is 0 Å². The summed E-state index contributed by atoms with van der Waals surface area (Å²) >= 11 is 0. The molecule has 2 heterocycles. The molecule has 2 aromatic heterocycles. The molecule has 0 bridgehead atoms. The van der Waals surface area contributed by atoms with Crippen molar-refractivity contribution in [3.8, 4) is 5.75 Å². The highest BCUT2D eigenvalue weighted by molar-refractivity contribution is 5.94. The maximum atomic E-state index is 13.5. The number of halogens is 1. The Morgan fingerprint density at radius 3 is 2.81 bits per heavy atom. The molecule has 9 nitrogen and oxygen atoms in total. The van der Waals surface area contributed by atoms with Gasteiger partial charge < -0.3 is 10.4 Å². The van der Waals surface area contributed by atoms with Crippen molar-refractivity contribution in [2.45, 2.75) is 6.54 Å². The smallest absolute Gasteiger partial charge is 0.311 e. The van der Waals surface area contributed by atoms with Crippen molar-refractivity contribution in [1.29, 1.82) is 0 Å². The summed E-state index contributed by atoms with van der Waals surface area (Å²) in [5, 5.41) is 29.8. The lowest BCUT2D eigenvalue weighted by atomic mass is 10.2. The number of rotatable bonds is 5. The Balaban J connectivity index is 1.48. The number of hydrogen-bond donors (Lipinski definition) is 2. The third kappa shape index (κ3) is 3.54. The van der Waals surface area contributed by atoms with Crippen molar-refractivity contribution in [3.05, 3.63) is 88.6 Å². The van der Waals surface area contributed by atoms with E-state index in [9.17, 15) is 19.6 Å².